The van der Waals surface area contributed by atoms with Crippen molar-refractivity contribution in [3.8, 4) is 10.7 Å². The van der Waals surface area contributed by atoms with Gasteiger partial charge in [0.05, 0.1) is 16.5 Å². The van der Waals surface area contributed by atoms with E-state index in [-0.39, 0.29) is 5.16 Å². The van der Waals surface area contributed by atoms with Crippen molar-refractivity contribution in [2.24, 2.45) is 14.1 Å². The molecule has 0 radical (unpaired) electrons. The van der Waals surface area contributed by atoms with Crippen LogP contribution in [-0.4, -0.2) is 27.5 Å². The van der Waals surface area contributed by atoms with Gasteiger partial charge in [-0.05, 0) is 18.6 Å². The number of sulfone groups is 1. The number of fused-ring (bicyclic) bond motifs is 1. The average molecular weight is 387 g/mol. The Morgan fingerprint density at radius 1 is 1.15 bits per heavy atom. The van der Waals surface area contributed by atoms with Gasteiger partial charge in [0.1, 0.15) is 5.01 Å². The fraction of sp³-hybridized carbons (Fsp3) is 0.222. The van der Waals surface area contributed by atoms with Gasteiger partial charge in [0.2, 0.25) is 15.0 Å². The Labute approximate surface area is 155 Å². The summed E-state index contributed by atoms with van der Waals surface area (Å²) in [5, 5.41) is 3.20. The normalized spacial score (nSPS) is 13.3. The number of imidazole rings is 1. The van der Waals surface area contributed by atoms with E-state index in [1.54, 1.807) is 37.7 Å². The first kappa shape index (κ1) is 17.0. The molecule has 0 amide bonds. The van der Waals surface area contributed by atoms with Crippen molar-refractivity contribution in [3.63, 3.8) is 0 Å². The van der Waals surface area contributed by atoms with Crippen LogP contribution < -0.4 is 0 Å². The van der Waals surface area contributed by atoms with Crippen molar-refractivity contribution in [1.29, 1.82) is 0 Å². The number of hydrogen-bond donors (Lipinski definition) is 0. The van der Waals surface area contributed by atoms with Gasteiger partial charge in [0.15, 0.2) is 0 Å². The third-order valence-corrected chi connectivity index (χ3v) is 7.56. The number of thiazole rings is 1. The quantitative estimate of drug-likeness (QED) is 0.538. The molecule has 3 aromatic heterocycles. The Morgan fingerprint density at radius 3 is 2.62 bits per heavy atom. The summed E-state index contributed by atoms with van der Waals surface area (Å²) >= 11 is 1.56. The lowest BCUT2D eigenvalue weighted by Crippen LogP contribution is -2.16. The summed E-state index contributed by atoms with van der Waals surface area (Å²) in [5.41, 5.74) is 2.64. The van der Waals surface area contributed by atoms with Gasteiger partial charge in [-0.25, -0.2) is 18.4 Å². The molecule has 8 heteroatoms. The molecule has 0 aliphatic rings. The first-order valence-electron chi connectivity index (χ1n) is 8.10. The summed E-state index contributed by atoms with van der Waals surface area (Å²) in [6.07, 6.45) is 4.92. The molecule has 1 aromatic carbocycles. The van der Waals surface area contributed by atoms with Crippen LogP contribution in [0, 0.1) is 0 Å². The van der Waals surface area contributed by atoms with Crippen LogP contribution in [0.2, 0.25) is 0 Å². The molecule has 4 aromatic rings. The summed E-state index contributed by atoms with van der Waals surface area (Å²) in [6.45, 7) is 1.72. The van der Waals surface area contributed by atoms with Gasteiger partial charge in [-0.1, -0.05) is 18.2 Å². The molecule has 3 heterocycles. The number of hydrogen-bond acceptors (Lipinski definition) is 5. The lowest BCUT2D eigenvalue weighted by atomic mass is 10.1. The molecule has 1 unspecified atom stereocenters. The predicted octanol–water partition coefficient (Wildman–Crippen LogP) is 3.57. The van der Waals surface area contributed by atoms with E-state index in [1.165, 1.54) is 10.8 Å². The first-order valence-corrected chi connectivity index (χ1v) is 10.5. The molecule has 0 fully saturated rings. The van der Waals surface area contributed by atoms with Gasteiger partial charge >= 0.3 is 0 Å². The topological polar surface area (TPSA) is 69.8 Å². The highest BCUT2D eigenvalue weighted by Crippen LogP contribution is 2.36. The molecule has 134 valence electrons. The minimum atomic E-state index is -3.61. The average Bonchev–Trinajstić information content (AvgIpc) is 3.34. The lowest BCUT2D eigenvalue weighted by molar-refractivity contribution is 0.569. The Bertz CT molecular complexity index is 1190. The highest BCUT2D eigenvalue weighted by atomic mass is 32.2. The van der Waals surface area contributed by atoms with Crippen LogP contribution in [0.4, 0.5) is 0 Å². The molecule has 0 aliphatic carbocycles. The molecular weight excluding hydrogens is 368 g/mol. The van der Waals surface area contributed by atoms with Crippen LogP contribution in [0.25, 0.3) is 21.6 Å². The van der Waals surface area contributed by atoms with Gasteiger partial charge in [0.25, 0.3) is 0 Å². The maximum atomic E-state index is 13.1. The summed E-state index contributed by atoms with van der Waals surface area (Å²) in [4.78, 5) is 8.43. The van der Waals surface area contributed by atoms with Gasteiger partial charge in [-0.2, -0.15) is 0 Å². The van der Waals surface area contributed by atoms with Crippen molar-refractivity contribution >= 4 is 32.1 Å². The van der Waals surface area contributed by atoms with Crippen molar-refractivity contribution in [1.82, 2.24) is 19.1 Å². The van der Waals surface area contributed by atoms with Gasteiger partial charge in [0, 0.05) is 43.5 Å². The standard InChI is InChI=1S/C18H18N4O2S2/c1-12(26(23,24)18-20-7-9-21(18)2)14-6-4-5-13-11-15(22(3)16(13)14)17-19-8-10-25-17/h4-12H,1-3H3. The molecular formula is C18H18N4O2S2. The number of para-hydroxylation sites is 1. The van der Waals surface area contributed by atoms with Gasteiger partial charge in [-0.15, -0.1) is 11.3 Å². The Hall–Kier alpha value is -2.45. The van der Waals surface area contributed by atoms with E-state index in [0.29, 0.717) is 0 Å². The number of nitrogens with zero attached hydrogens (tertiary/aromatic N) is 4. The van der Waals surface area contributed by atoms with E-state index in [2.05, 4.69) is 16.0 Å². The number of benzene rings is 1. The zero-order valence-electron chi connectivity index (χ0n) is 14.6. The van der Waals surface area contributed by atoms with Crippen LogP contribution in [-0.2, 0) is 23.9 Å². The van der Waals surface area contributed by atoms with Gasteiger partial charge in [-0.3, -0.25) is 0 Å². The van der Waals surface area contributed by atoms with Gasteiger partial charge < -0.3 is 9.13 Å². The summed E-state index contributed by atoms with van der Waals surface area (Å²) in [5.74, 6) is 0. The summed E-state index contributed by atoms with van der Waals surface area (Å²) in [7, 11) is 0.0312. The largest absolute Gasteiger partial charge is 0.341 e. The molecule has 0 aliphatic heterocycles. The second-order valence-corrected chi connectivity index (χ2v) is 9.28. The second kappa shape index (κ2) is 6.07. The first-order chi connectivity index (χ1) is 12.4. The molecule has 4 rings (SSSR count). The fourth-order valence-electron chi connectivity index (χ4n) is 3.28. The highest BCUT2D eigenvalue weighted by Gasteiger charge is 2.30. The Morgan fingerprint density at radius 2 is 1.96 bits per heavy atom. The second-order valence-electron chi connectivity index (χ2n) is 6.22. The minimum absolute atomic E-state index is 0.0800. The third-order valence-electron chi connectivity index (χ3n) is 4.67. The molecule has 26 heavy (non-hydrogen) atoms. The minimum Gasteiger partial charge on any atom is -0.341 e. The van der Waals surface area contributed by atoms with Crippen LogP contribution in [0.1, 0.15) is 17.7 Å². The summed E-state index contributed by atoms with van der Waals surface area (Å²) < 4.78 is 29.8. The smallest absolute Gasteiger partial charge is 0.227 e. The number of rotatable bonds is 4. The van der Waals surface area contributed by atoms with Crippen LogP contribution in [0.3, 0.4) is 0 Å². The van der Waals surface area contributed by atoms with Crippen LogP contribution >= 0.6 is 11.3 Å². The van der Waals surface area contributed by atoms with Crippen molar-refractivity contribution in [2.75, 3.05) is 0 Å². The molecule has 6 nitrogen and oxygen atoms in total. The molecule has 0 bridgehead atoms. The van der Waals surface area contributed by atoms with Crippen LogP contribution in [0.15, 0.2) is 53.4 Å². The Balaban J connectivity index is 1.91. The number of aromatic nitrogens is 4. The fourth-order valence-corrected chi connectivity index (χ4v) is 5.48. The van der Waals surface area contributed by atoms with Crippen molar-refractivity contribution in [3.05, 3.63) is 53.8 Å². The van der Waals surface area contributed by atoms with E-state index in [9.17, 15) is 8.42 Å². The zero-order valence-corrected chi connectivity index (χ0v) is 16.3. The van der Waals surface area contributed by atoms with Crippen molar-refractivity contribution in [2.45, 2.75) is 17.3 Å². The van der Waals surface area contributed by atoms with E-state index >= 15 is 0 Å². The molecule has 0 saturated carbocycles. The van der Waals surface area contributed by atoms with Crippen LogP contribution in [0.5, 0.6) is 0 Å². The Kier molecular flexibility index (Phi) is 3.96. The third kappa shape index (κ3) is 2.48. The summed E-state index contributed by atoms with van der Waals surface area (Å²) in [6, 6.07) is 7.82. The zero-order chi connectivity index (χ0) is 18.5. The van der Waals surface area contributed by atoms with E-state index < -0.39 is 15.1 Å². The van der Waals surface area contributed by atoms with E-state index in [1.807, 2.05) is 35.2 Å². The molecule has 0 saturated heterocycles. The van der Waals surface area contributed by atoms with E-state index in [4.69, 9.17) is 0 Å². The highest BCUT2D eigenvalue weighted by molar-refractivity contribution is 7.91. The molecule has 0 N–H and O–H groups in total. The maximum Gasteiger partial charge on any atom is 0.227 e. The van der Waals surface area contributed by atoms with Crippen molar-refractivity contribution < 1.29 is 8.42 Å². The lowest BCUT2D eigenvalue weighted by Gasteiger charge is -2.15. The van der Waals surface area contributed by atoms with E-state index in [0.717, 1.165) is 27.2 Å². The monoisotopic (exact) mass is 386 g/mol. The molecule has 0 spiro atoms. The molecule has 1 atom stereocenters. The predicted molar refractivity (Wildman–Crippen MR) is 103 cm³/mol. The SMILES string of the molecule is CC(c1cccc2cc(-c3nccs3)n(C)c12)S(=O)(=O)c1nccn1C. The number of aryl methyl sites for hydroxylation is 2. The maximum absolute atomic E-state index is 13.1.